The first kappa shape index (κ1) is 15.3. The molecule has 2 aromatic heterocycles. The monoisotopic (exact) mass is 347 g/mol. The second-order valence-corrected chi connectivity index (χ2v) is 5.38. The van der Waals surface area contributed by atoms with Crippen molar-refractivity contribution in [1.82, 2.24) is 14.8 Å². The van der Waals surface area contributed by atoms with Crippen LogP contribution in [-0.2, 0) is 0 Å². The maximum atomic E-state index is 13.6. The summed E-state index contributed by atoms with van der Waals surface area (Å²) in [5.41, 5.74) is 0.838. The van der Waals surface area contributed by atoms with Gasteiger partial charge in [0.25, 0.3) is 0 Å². The van der Waals surface area contributed by atoms with Crippen molar-refractivity contribution in [3.05, 3.63) is 64.3 Å². The Hall–Kier alpha value is -2.62. The van der Waals surface area contributed by atoms with E-state index in [0.29, 0.717) is 27.2 Å². The third-order valence-electron chi connectivity index (χ3n) is 2.99. The number of nitrogens with zero attached hydrogens (tertiary/aromatic N) is 4. The molecule has 0 fully saturated rings. The topological polar surface area (TPSA) is 66.5 Å². The summed E-state index contributed by atoms with van der Waals surface area (Å²) in [6.45, 7) is 0. The molecule has 2 heterocycles. The van der Waals surface area contributed by atoms with E-state index < -0.39 is 5.82 Å². The third-order valence-corrected chi connectivity index (χ3v) is 3.48. The van der Waals surface area contributed by atoms with Gasteiger partial charge in [-0.1, -0.05) is 29.3 Å². The number of nitrogens with one attached hydrogen (secondary N) is 1. The highest BCUT2D eigenvalue weighted by atomic mass is 35.5. The van der Waals surface area contributed by atoms with Crippen LogP contribution in [0.4, 0.5) is 15.8 Å². The summed E-state index contributed by atoms with van der Waals surface area (Å²) in [6.07, 6.45) is 4.59. The van der Waals surface area contributed by atoms with Gasteiger partial charge in [-0.25, -0.2) is 14.1 Å². The van der Waals surface area contributed by atoms with Gasteiger partial charge in [-0.3, -0.25) is 0 Å². The lowest BCUT2D eigenvalue weighted by molar-refractivity contribution is 0.624. The molecule has 0 radical (unpaired) electrons. The molecule has 0 saturated carbocycles. The SMILES string of the molecule is N#Cc1c(F)cccc1Nc1cnn(-c2ncc(Cl)cc2Cl)c1. The highest BCUT2D eigenvalue weighted by Crippen LogP contribution is 2.25. The van der Waals surface area contributed by atoms with E-state index in [-0.39, 0.29) is 5.56 Å². The average Bonchev–Trinajstić information content (AvgIpc) is 2.96. The third kappa shape index (κ3) is 3.11. The normalized spacial score (nSPS) is 10.3. The van der Waals surface area contributed by atoms with Crippen molar-refractivity contribution in [1.29, 1.82) is 5.26 Å². The molecule has 0 aliphatic heterocycles. The molecule has 1 aromatic carbocycles. The lowest BCUT2D eigenvalue weighted by atomic mass is 10.2. The standard InChI is InChI=1S/C15H8Cl2FN5/c16-9-4-12(17)15(20-6-9)23-8-10(7-21-23)22-14-3-1-2-13(18)11(14)5-19/h1-4,6-8,22H. The molecular weight excluding hydrogens is 340 g/mol. The fraction of sp³-hybridized carbons (Fsp3) is 0. The van der Waals surface area contributed by atoms with Crippen LogP contribution in [0.3, 0.4) is 0 Å². The van der Waals surface area contributed by atoms with Gasteiger partial charge in [0.1, 0.15) is 17.4 Å². The summed E-state index contributed by atoms with van der Waals surface area (Å²) in [5, 5.41) is 16.9. The molecule has 8 heteroatoms. The lowest BCUT2D eigenvalue weighted by Gasteiger charge is -2.06. The molecule has 0 aliphatic rings. The van der Waals surface area contributed by atoms with Gasteiger partial charge < -0.3 is 5.32 Å². The molecule has 3 aromatic rings. The van der Waals surface area contributed by atoms with Crippen molar-refractivity contribution in [2.24, 2.45) is 0 Å². The van der Waals surface area contributed by atoms with E-state index in [1.165, 1.54) is 29.2 Å². The van der Waals surface area contributed by atoms with E-state index in [0.717, 1.165) is 0 Å². The minimum absolute atomic E-state index is 0.0668. The van der Waals surface area contributed by atoms with Gasteiger partial charge in [0.2, 0.25) is 0 Å². The largest absolute Gasteiger partial charge is 0.352 e. The van der Waals surface area contributed by atoms with Crippen molar-refractivity contribution in [2.75, 3.05) is 5.32 Å². The van der Waals surface area contributed by atoms with Gasteiger partial charge in [-0.2, -0.15) is 10.4 Å². The van der Waals surface area contributed by atoms with E-state index in [4.69, 9.17) is 28.5 Å². The van der Waals surface area contributed by atoms with Crippen molar-refractivity contribution < 1.29 is 4.39 Å². The summed E-state index contributed by atoms with van der Waals surface area (Å²) < 4.78 is 15.0. The van der Waals surface area contributed by atoms with Crippen LogP contribution in [0.15, 0.2) is 42.9 Å². The van der Waals surface area contributed by atoms with Crippen LogP contribution in [0, 0.1) is 17.1 Å². The molecule has 0 unspecified atom stereocenters. The molecule has 0 saturated heterocycles. The predicted molar refractivity (Wildman–Crippen MR) is 85.8 cm³/mol. The second-order valence-electron chi connectivity index (χ2n) is 4.53. The number of pyridine rings is 1. The van der Waals surface area contributed by atoms with Crippen LogP contribution in [0.2, 0.25) is 10.0 Å². The smallest absolute Gasteiger partial charge is 0.172 e. The number of nitriles is 1. The first-order valence-electron chi connectivity index (χ1n) is 6.40. The maximum absolute atomic E-state index is 13.6. The molecule has 5 nitrogen and oxygen atoms in total. The number of hydrogen-bond acceptors (Lipinski definition) is 4. The van der Waals surface area contributed by atoms with Crippen molar-refractivity contribution >= 4 is 34.6 Å². The maximum Gasteiger partial charge on any atom is 0.172 e. The number of hydrogen-bond donors (Lipinski definition) is 1. The zero-order valence-corrected chi connectivity index (χ0v) is 13.0. The predicted octanol–water partition coefficient (Wildman–Crippen LogP) is 4.33. The molecule has 0 aliphatic carbocycles. The summed E-state index contributed by atoms with van der Waals surface area (Å²) in [5.74, 6) is -0.184. The number of rotatable bonds is 3. The zero-order chi connectivity index (χ0) is 16.4. The van der Waals surface area contributed by atoms with E-state index in [1.54, 1.807) is 18.3 Å². The quantitative estimate of drug-likeness (QED) is 0.765. The Labute approximate surface area is 140 Å². The van der Waals surface area contributed by atoms with E-state index in [2.05, 4.69) is 15.4 Å². The van der Waals surface area contributed by atoms with Crippen LogP contribution in [0.25, 0.3) is 5.82 Å². The molecule has 0 atom stereocenters. The second kappa shape index (κ2) is 6.24. The highest BCUT2D eigenvalue weighted by Gasteiger charge is 2.11. The molecule has 1 N–H and O–H groups in total. The number of anilines is 2. The summed E-state index contributed by atoms with van der Waals surface area (Å²) in [6, 6.07) is 7.73. The number of benzene rings is 1. The summed E-state index contributed by atoms with van der Waals surface area (Å²) >= 11 is 11.9. The van der Waals surface area contributed by atoms with E-state index in [9.17, 15) is 4.39 Å². The van der Waals surface area contributed by atoms with Gasteiger partial charge in [-0.15, -0.1) is 0 Å². The number of aromatic nitrogens is 3. The highest BCUT2D eigenvalue weighted by molar-refractivity contribution is 6.35. The molecule has 3 rings (SSSR count). The van der Waals surface area contributed by atoms with E-state index >= 15 is 0 Å². The van der Waals surface area contributed by atoms with Gasteiger partial charge in [0.05, 0.1) is 33.8 Å². The molecule has 0 bridgehead atoms. The Morgan fingerprint density at radius 1 is 1.26 bits per heavy atom. The fourth-order valence-electron chi connectivity index (χ4n) is 1.98. The molecule has 114 valence electrons. The lowest BCUT2D eigenvalue weighted by Crippen LogP contribution is -1.99. The first-order valence-corrected chi connectivity index (χ1v) is 7.16. The average molecular weight is 348 g/mol. The Morgan fingerprint density at radius 2 is 2.09 bits per heavy atom. The van der Waals surface area contributed by atoms with Crippen LogP contribution >= 0.6 is 23.2 Å². The Morgan fingerprint density at radius 3 is 2.83 bits per heavy atom. The zero-order valence-electron chi connectivity index (χ0n) is 11.5. The molecule has 0 amide bonds. The van der Waals surface area contributed by atoms with E-state index in [1.807, 2.05) is 6.07 Å². The molecule has 0 spiro atoms. The van der Waals surface area contributed by atoms with Crippen LogP contribution in [-0.4, -0.2) is 14.8 Å². The Balaban J connectivity index is 1.92. The minimum Gasteiger partial charge on any atom is -0.352 e. The Kier molecular flexibility index (Phi) is 4.15. The van der Waals surface area contributed by atoms with Gasteiger partial charge in [0.15, 0.2) is 5.82 Å². The fourth-order valence-corrected chi connectivity index (χ4v) is 2.44. The molecule has 23 heavy (non-hydrogen) atoms. The first-order chi connectivity index (χ1) is 11.1. The van der Waals surface area contributed by atoms with Crippen molar-refractivity contribution in [3.8, 4) is 11.9 Å². The van der Waals surface area contributed by atoms with Crippen LogP contribution < -0.4 is 5.32 Å². The Bertz CT molecular complexity index is 916. The van der Waals surface area contributed by atoms with Gasteiger partial charge >= 0.3 is 0 Å². The van der Waals surface area contributed by atoms with Crippen LogP contribution in [0.1, 0.15) is 5.56 Å². The minimum atomic E-state index is -0.590. The molecular formula is C15H8Cl2FN5. The van der Waals surface area contributed by atoms with Crippen molar-refractivity contribution in [3.63, 3.8) is 0 Å². The summed E-state index contributed by atoms with van der Waals surface area (Å²) in [7, 11) is 0. The number of halogens is 3. The van der Waals surface area contributed by atoms with Gasteiger partial charge in [0, 0.05) is 6.20 Å². The van der Waals surface area contributed by atoms with Gasteiger partial charge in [-0.05, 0) is 18.2 Å². The van der Waals surface area contributed by atoms with Crippen molar-refractivity contribution in [2.45, 2.75) is 0 Å². The summed E-state index contributed by atoms with van der Waals surface area (Å²) in [4.78, 5) is 4.11. The van der Waals surface area contributed by atoms with Crippen LogP contribution in [0.5, 0.6) is 0 Å².